The Morgan fingerprint density at radius 2 is 1.82 bits per heavy atom. The second-order valence-electron chi connectivity index (χ2n) is 10.5. The van der Waals surface area contributed by atoms with E-state index in [4.69, 9.17) is 19.2 Å². The third-order valence-corrected chi connectivity index (χ3v) is 8.68. The molecule has 1 aliphatic heterocycles. The van der Waals surface area contributed by atoms with Gasteiger partial charge in [-0.15, -0.1) is 0 Å². The number of methoxy groups -OCH3 is 1. The van der Waals surface area contributed by atoms with Crippen molar-refractivity contribution < 1.29 is 23.4 Å². The Labute approximate surface area is 262 Å². The van der Waals surface area contributed by atoms with Crippen LogP contribution in [-0.4, -0.2) is 35.4 Å². The molecule has 0 N–H and O–H groups in total. The van der Waals surface area contributed by atoms with Gasteiger partial charge in [0.25, 0.3) is 5.56 Å². The first kappa shape index (κ1) is 30.1. The van der Waals surface area contributed by atoms with E-state index >= 15 is 0 Å². The molecule has 45 heavy (non-hydrogen) atoms. The normalized spacial score (nSPS) is 14.8. The van der Waals surface area contributed by atoms with Crippen LogP contribution in [0, 0.1) is 5.82 Å². The van der Waals surface area contributed by atoms with Crippen LogP contribution in [-0.2, 0) is 16.1 Å². The maximum absolute atomic E-state index is 14.2. The standard InChI is InChI=1S/C35H32FN3O5S/c1-5-43-29-17-23(13-16-28(29)42-4)32-31(34(41)44-6-2)21(3)37-35-39(32)33(40)30(45-35)18-24-20-38(27-10-8-7-9-26(24)27)19-22-11-14-25(36)15-12-22/h7-18,20,32H,5-6,19H2,1-4H3/b30-18+/t32-/m0/s1. The first-order chi connectivity index (χ1) is 21.8. The lowest BCUT2D eigenvalue weighted by Crippen LogP contribution is -2.40. The molecule has 1 atom stereocenters. The van der Waals surface area contributed by atoms with Crippen molar-refractivity contribution in [3.05, 3.63) is 126 Å². The zero-order valence-electron chi connectivity index (χ0n) is 25.4. The quantitative estimate of drug-likeness (QED) is 0.206. The first-order valence-electron chi connectivity index (χ1n) is 14.7. The van der Waals surface area contributed by atoms with Crippen LogP contribution < -0.4 is 24.4 Å². The number of fused-ring (bicyclic) bond motifs is 2. The highest BCUT2D eigenvalue weighted by Crippen LogP contribution is 2.36. The Morgan fingerprint density at radius 3 is 2.56 bits per heavy atom. The smallest absolute Gasteiger partial charge is 0.338 e. The largest absolute Gasteiger partial charge is 0.493 e. The van der Waals surface area contributed by atoms with Gasteiger partial charge >= 0.3 is 5.97 Å². The average molecular weight is 626 g/mol. The molecule has 0 bridgehead atoms. The molecule has 3 aromatic carbocycles. The molecular weight excluding hydrogens is 593 g/mol. The van der Waals surface area contributed by atoms with Gasteiger partial charge in [0.05, 0.1) is 42.2 Å². The number of hydrogen-bond donors (Lipinski definition) is 0. The van der Waals surface area contributed by atoms with E-state index in [0.29, 0.717) is 50.8 Å². The van der Waals surface area contributed by atoms with Crippen molar-refractivity contribution in [3.63, 3.8) is 0 Å². The zero-order valence-corrected chi connectivity index (χ0v) is 26.2. The van der Waals surface area contributed by atoms with Gasteiger partial charge in [-0.3, -0.25) is 9.36 Å². The number of rotatable bonds is 9. The van der Waals surface area contributed by atoms with E-state index < -0.39 is 12.0 Å². The molecule has 10 heteroatoms. The second-order valence-corrected chi connectivity index (χ2v) is 11.5. The molecule has 0 amide bonds. The van der Waals surface area contributed by atoms with Crippen LogP contribution in [0.5, 0.6) is 11.5 Å². The highest BCUT2D eigenvalue weighted by Gasteiger charge is 2.34. The number of esters is 1. The summed E-state index contributed by atoms with van der Waals surface area (Å²) in [6.07, 6.45) is 3.87. The third-order valence-electron chi connectivity index (χ3n) is 7.69. The summed E-state index contributed by atoms with van der Waals surface area (Å²) in [6, 6.07) is 19.0. The number of para-hydroxylation sites is 1. The van der Waals surface area contributed by atoms with Gasteiger partial charge in [-0.05, 0) is 68.3 Å². The number of hydrogen-bond acceptors (Lipinski definition) is 7. The number of carbonyl (C=O) groups is 1. The van der Waals surface area contributed by atoms with Crippen LogP contribution in [0.3, 0.4) is 0 Å². The number of aromatic nitrogens is 2. The molecule has 230 valence electrons. The SMILES string of the molecule is CCOC(=O)C1=C(C)N=c2s/c(=C/c3cn(Cc4ccc(F)cc4)c4ccccc34)c(=O)n2[C@H]1c1ccc(OC)c(OCC)c1. The minimum Gasteiger partial charge on any atom is -0.493 e. The molecule has 0 saturated heterocycles. The van der Waals surface area contributed by atoms with E-state index in [1.165, 1.54) is 23.5 Å². The molecule has 8 nitrogen and oxygen atoms in total. The Hall–Kier alpha value is -4.96. The second kappa shape index (κ2) is 12.6. The van der Waals surface area contributed by atoms with Gasteiger partial charge in [0, 0.05) is 29.2 Å². The monoisotopic (exact) mass is 625 g/mol. The van der Waals surface area contributed by atoms with E-state index in [0.717, 1.165) is 22.0 Å². The van der Waals surface area contributed by atoms with Crippen LogP contribution in [0.25, 0.3) is 17.0 Å². The van der Waals surface area contributed by atoms with E-state index in [1.807, 2.05) is 49.5 Å². The Morgan fingerprint density at radius 1 is 1.04 bits per heavy atom. The molecule has 0 aliphatic carbocycles. The number of benzene rings is 3. The van der Waals surface area contributed by atoms with E-state index in [9.17, 15) is 14.0 Å². The molecule has 2 aromatic heterocycles. The number of halogens is 1. The van der Waals surface area contributed by atoms with Crippen molar-refractivity contribution in [3.8, 4) is 11.5 Å². The topological polar surface area (TPSA) is 84.1 Å². The fraction of sp³-hybridized carbons (Fsp3) is 0.229. The van der Waals surface area contributed by atoms with Crippen molar-refractivity contribution in [1.82, 2.24) is 9.13 Å². The molecule has 1 aliphatic rings. The van der Waals surface area contributed by atoms with E-state index in [1.54, 1.807) is 49.8 Å². The van der Waals surface area contributed by atoms with Crippen molar-refractivity contribution >= 4 is 34.3 Å². The lowest BCUT2D eigenvalue weighted by molar-refractivity contribution is -0.139. The maximum atomic E-state index is 14.2. The highest BCUT2D eigenvalue weighted by atomic mass is 32.1. The summed E-state index contributed by atoms with van der Waals surface area (Å²) in [7, 11) is 1.56. The fourth-order valence-electron chi connectivity index (χ4n) is 5.69. The lowest BCUT2D eigenvalue weighted by Gasteiger charge is -2.25. The predicted molar refractivity (Wildman–Crippen MR) is 172 cm³/mol. The molecule has 0 unspecified atom stereocenters. The van der Waals surface area contributed by atoms with Crippen LogP contribution in [0.1, 0.15) is 43.5 Å². The fourth-order valence-corrected chi connectivity index (χ4v) is 6.72. The molecule has 0 spiro atoms. The summed E-state index contributed by atoms with van der Waals surface area (Å²) in [4.78, 5) is 32.7. The summed E-state index contributed by atoms with van der Waals surface area (Å²) >= 11 is 1.27. The number of allylic oxidation sites excluding steroid dienone is 1. The highest BCUT2D eigenvalue weighted by molar-refractivity contribution is 7.07. The summed E-state index contributed by atoms with van der Waals surface area (Å²) in [5, 5.41) is 0.974. The average Bonchev–Trinajstić information content (AvgIpc) is 3.53. The van der Waals surface area contributed by atoms with Gasteiger partial charge in [0.2, 0.25) is 0 Å². The predicted octanol–water partition coefficient (Wildman–Crippen LogP) is 5.35. The molecule has 0 fully saturated rings. The minimum absolute atomic E-state index is 0.182. The number of thiazole rings is 1. The van der Waals surface area contributed by atoms with Gasteiger partial charge in [0.1, 0.15) is 5.82 Å². The molecular formula is C35H32FN3O5S. The van der Waals surface area contributed by atoms with E-state index in [2.05, 4.69) is 4.57 Å². The van der Waals surface area contributed by atoms with Gasteiger partial charge in [-0.25, -0.2) is 14.2 Å². The van der Waals surface area contributed by atoms with Gasteiger partial charge in [-0.1, -0.05) is 47.7 Å². The Kier molecular flexibility index (Phi) is 8.40. The van der Waals surface area contributed by atoms with Crippen molar-refractivity contribution in [2.45, 2.75) is 33.4 Å². The Balaban J connectivity index is 1.52. The van der Waals surface area contributed by atoms with Crippen LogP contribution in [0.15, 0.2) is 94.0 Å². The van der Waals surface area contributed by atoms with Crippen molar-refractivity contribution in [2.24, 2.45) is 4.99 Å². The number of nitrogens with zero attached hydrogens (tertiary/aromatic N) is 3. The van der Waals surface area contributed by atoms with Gasteiger partial charge in [-0.2, -0.15) is 0 Å². The molecule has 3 heterocycles. The molecule has 5 aromatic rings. The summed E-state index contributed by atoms with van der Waals surface area (Å²) in [5.41, 5.74) is 3.97. The summed E-state index contributed by atoms with van der Waals surface area (Å²) < 4.78 is 34.4. The third kappa shape index (κ3) is 5.69. The number of carbonyl (C=O) groups excluding carboxylic acids is 1. The van der Waals surface area contributed by atoms with Crippen LogP contribution in [0.4, 0.5) is 4.39 Å². The molecule has 0 radical (unpaired) electrons. The van der Waals surface area contributed by atoms with Crippen LogP contribution >= 0.6 is 11.3 Å². The van der Waals surface area contributed by atoms with Gasteiger partial charge in [0.15, 0.2) is 16.3 Å². The van der Waals surface area contributed by atoms with Crippen molar-refractivity contribution in [1.29, 1.82) is 0 Å². The van der Waals surface area contributed by atoms with E-state index in [-0.39, 0.29) is 18.0 Å². The zero-order chi connectivity index (χ0) is 31.7. The van der Waals surface area contributed by atoms with Crippen LogP contribution in [0.2, 0.25) is 0 Å². The lowest BCUT2D eigenvalue weighted by atomic mass is 9.95. The Bertz CT molecular complexity index is 2130. The van der Waals surface area contributed by atoms with Gasteiger partial charge < -0.3 is 18.8 Å². The van der Waals surface area contributed by atoms with Crippen molar-refractivity contribution in [2.75, 3.05) is 20.3 Å². The molecule has 0 saturated carbocycles. The summed E-state index contributed by atoms with van der Waals surface area (Å²) in [5.74, 6) is 0.237. The molecule has 6 rings (SSSR count). The maximum Gasteiger partial charge on any atom is 0.338 e. The summed E-state index contributed by atoms with van der Waals surface area (Å²) in [6.45, 7) is 6.51. The first-order valence-corrected chi connectivity index (χ1v) is 15.5. The minimum atomic E-state index is -0.785. The number of ether oxygens (including phenoxy) is 3.